The normalized spacial score (nSPS) is 20.1. The van der Waals surface area contributed by atoms with Crippen LogP contribution in [-0.4, -0.2) is 65.8 Å². The number of hydrogen-bond donors (Lipinski definition) is 4. The van der Waals surface area contributed by atoms with Crippen LogP contribution >= 0.6 is 0 Å². The van der Waals surface area contributed by atoms with Gasteiger partial charge in [-0.15, -0.1) is 0 Å². The van der Waals surface area contributed by atoms with E-state index < -0.39 is 24.4 Å². The van der Waals surface area contributed by atoms with Gasteiger partial charge in [-0.05, 0) is 6.42 Å². The highest BCUT2D eigenvalue weighted by Gasteiger charge is 2.30. The fourth-order valence-electron chi connectivity index (χ4n) is 1.16. The van der Waals surface area contributed by atoms with Gasteiger partial charge in [0, 0.05) is 6.51 Å². The lowest BCUT2D eigenvalue weighted by Gasteiger charge is -2.27. The van der Waals surface area contributed by atoms with E-state index in [0.717, 1.165) is 0 Å². The number of aliphatic hydroxyl groups excluding tert-OH is 4. The van der Waals surface area contributed by atoms with E-state index >= 15 is 0 Å². The largest absolute Gasteiger partial charge is 0.394 e. The second kappa shape index (κ2) is 7.20. The van der Waals surface area contributed by atoms with E-state index in [9.17, 15) is 15.3 Å². The van der Waals surface area contributed by atoms with Crippen molar-refractivity contribution in [1.82, 2.24) is 0 Å². The predicted molar refractivity (Wildman–Crippen MR) is 53.7 cm³/mol. The van der Waals surface area contributed by atoms with Gasteiger partial charge in [0.05, 0.1) is 12.7 Å². The minimum atomic E-state index is -1.29. The van der Waals surface area contributed by atoms with E-state index in [0.29, 0.717) is 12.9 Å². The molecule has 0 amide bonds. The monoisotopic (exact) mass is 206 g/mol. The van der Waals surface area contributed by atoms with Gasteiger partial charge >= 0.3 is 0 Å². The molecule has 4 atom stereocenters. The summed E-state index contributed by atoms with van der Waals surface area (Å²) in [6.45, 7) is 1.63. The minimum absolute atomic E-state index is 0.331. The summed E-state index contributed by atoms with van der Waals surface area (Å²) in [5.74, 6) is 0. The third kappa shape index (κ3) is 3.94. The SMILES string of the molecule is BCO[C@H](CO)[C@@H](O)[C@H](O)[C@H](O)CC. The maximum atomic E-state index is 9.52. The van der Waals surface area contributed by atoms with Gasteiger partial charge in [-0.3, -0.25) is 0 Å². The van der Waals surface area contributed by atoms with Crippen LogP contribution in [0, 0.1) is 0 Å². The van der Waals surface area contributed by atoms with Crippen LogP contribution < -0.4 is 0 Å². The molecule has 0 heterocycles. The maximum absolute atomic E-state index is 9.52. The van der Waals surface area contributed by atoms with E-state index in [-0.39, 0.29) is 6.61 Å². The van der Waals surface area contributed by atoms with Crippen molar-refractivity contribution >= 4 is 7.85 Å². The Kier molecular flexibility index (Phi) is 7.13. The molecule has 0 fully saturated rings. The molecular formula is C8H19BO5. The second-order valence-corrected chi connectivity index (χ2v) is 3.13. The highest BCUT2D eigenvalue weighted by molar-refractivity contribution is 6.08. The Hall–Kier alpha value is -0.135. The molecule has 0 rings (SSSR count). The highest BCUT2D eigenvalue weighted by atomic mass is 16.5. The van der Waals surface area contributed by atoms with Crippen LogP contribution in [0.2, 0.25) is 0 Å². The molecule has 0 saturated carbocycles. The number of aliphatic hydroxyl groups is 4. The van der Waals surface area contributed by atoms with Crippen molar-refractivity contribution in [3.63, 3.8) is 0 Å². The average molecular weight is 206 g/mol. The van der Waals surface area contributed by atoms with Crippen molar-refractivity contribution in [3.8, 4) is 0 Å². The molecule has 0 bridgehead atoms. The molecule has 0 aromatic rings. The number of hydrogen-bond acceptors (Lipinski definition) is 5. The molecule has 84 valence electrons. The average Bonchev–Trinajstić information content (AvgIpc) is 2.22. The number of rotatable bonds is 7. The van der Waals surface area contributed by atoms with Gasteiger partial charge in [-0.2, -0.15) is 0 Å². The Bertz CT molecular complexity index is 144. The quantitative estimate of drug-likeness (QED) is 0.344. The standard InChI is InChI=1S/C8H19BO5/c1-2-5(11)7(12)8(13)6(3-10)14-4-9/h5-8,10-13H,2-4,9H2,1H3/t5-,6-,7-,8-/m1/s1. The summed E-state index contributed by atoms with van der Waals surface area (Å²) in [6.07, 6.45) is -4.07. The fourth-order valence-corrected chi connectivity index (χ4v) is 1.16. The van der Waals surface area contributed by atoms with Gasteiger partial charge < -0.3 is 25.2 Å². The van der Waals surface area contributed by atoms with Crippen molar-refractivity contribution in [1.29, 1.82) is 0 Å². The van der Waals surface area contributed by atoms with Gasteiger partial charge in [0.2, 0.25) is 0 Å². The molecular weight excluding hydrogens is 187 g/mol. The maximum Gasteiger partial charge on any atom is 0.135 e. The lowest BCUT2D eigenvalue weighted by molar-refractivity contribution is -0.128. The van der Waals surface area contributed by atoms with Gasteiger partial charge in [-0.1, -0.05) is 6.92 Å². The van der Waals surface area contributed by atoms with E-state index in [1.807, 2.05) is 0 Å². The molecule has 0 aliphatic carbocycles. The van der Waals surface area contributed by atoms with Crippen LogP contribution in [0.15, 0.2) is 0 Å². The molecule has 0 unspecified atom stereocenters. The third-order valence-corrected chi connectivity index (χ3v) is 2.10. The topological polar surface area (TPSA) is 90.2 Å². The lowest BCUT2D eigenvalue weighted by Crippen LogP contribution is -2.46. The molecule has 0 spiro atoms. The van der Waals surface area contributed by atoms with Gasteiger partial charge in [0.25, 0.3) is 0 Å². The zero-order valence-corrected chi connectivity index (χ0v) is 8.63. The smallest absolute Gasteiger partial charge is 0.135 e. The van der Waals surface area contributed by atoms with Gasteiger partial charge in [0.1, 0.15) is 26.2 Å². The Labute approximate surface area is 84.7 Å². The summed E-state index contributed by atoms with van der Waals surface area (Å²) in [5, 5.41) is 37.1. The summed E-state index contributed by atoms with van der Waals surface area (Å²) in [7, 11) is 1.72. The summed E-state index contributed by atoms with van der Waals surface area (Å²) >= 11 is 0. The van der Waals surface area contributed by atoms with E-state index in [1.165, 1.54) is 0 Å². The molecule has 0 radical (unpaired) electrons. The predicted octanol–water partition coefficient (Wildman–Crippen LogP) is -2.55. The fraction of sp³-hybridized carbons (Fsp3) is 1.00. The van der Waals surface area contributed by atoms with Crippen molar-refractivity contribution in [2.24, 2.45) is 0 Å². The highest BCUT2D eigenvalue weighted by Crippen LogP contribution is 2.09. The zero-order chi connectivity index (χ0) is 11.1. The Morgan fingerprint density at radius 2 is 1.79 bits per heavy atom. The second-order valence-electron chi connectivity index (χ2n) is 3.13. The Morgan fingerprint density at radius 3 is 2.14 bits per heavy atom. The summed E-state index contributed by atoms with van der Waals surface area (Å²) in [4.78, 5) is 0. The molecule has 0 aromatic heterocycles. The van der Waals surface area contributed by atoms with E-state index in [4.69, 9.17) is 9.84 Å². The van der Waals surface area contributed by atoms with E-state index in [2.05, 4.69) is 0 Å². The van der Waals surface area contributed by atoms with Gasteiger partial charge in [0.15, 0.2) is 0 Å². The molecule has 0 aliphatic heterocycles. The molecule has 0 aliphatic rings. The first kappa shape index (κ1) is 13.9. The van der Waals surface area contributed by atoms with Crippen molar-refractivity contribution < 1.29 is 25.2 Å². The molecule has 6 heteroatoms. The van der Waals surface area contributed by atoms with E-state index in [1.54, 1.807) is 14.8 Å². The van der Waals surface area contributed by atoms with Crippen LogP contribution in [0.25, 0.3) is 0 Å². The first-order valence-electron chi connectivity index (χ1n) is 4.85. The first-order valence-corrected chi connectivity index (χ1v) is 4.85. The summed E-state index contributed by atoms with van der Waals surface area (Å²) < 4.78 is 5.00. The molecule has 14 heavy (non-hydrogen) atoms. The first-order chi connectivity index (χ1) is 6.58. The molecule has 4 N–H and O–H groups in total. The summed E-state index contributed by atoms with van der Waals surface area (Å²) in [5.41, 5.74) is 0. The minimum Gasteiger partial charge on any atom is -0.394 e. The molecule has 0 aromatic carbocycles. The van der Waals surface area contributed by atoms with Crippen molar-refractivity contribution in [2.45, 2.75) is 37.8 Å². The van der Waals surface area contributed by atoms with Crippen LogP contribution in [0.5, 0.6) is 0 Å². The van der Waals surface area contributed by atoms with Gasteiger partial charge in [-0.25, -0.2) is 0 Å². The molecule has 0 saturated heterocycles. The lowest BCUT2D eigenvalue weighted by atomic mass is 10.0. The number of ether oxygens (including phenoxy) is 1. The van der Waals surface area contributed by atoms with Crippen molar-refractivity contribution in [3.05, 3.63) is 0 Å². The van der Waals surface area contributed by atoms with Crippen molar-refractivity contribution in [2.75, 3.05) is 13.1 Å². The van der Waals surface area contributed by atoms with Crippen LogP contribution in [0.1, 0.15) is 13.3 Å². The van der Waals surface area contributed by atoms with Crippen LogP contribution in [0.4, 0.5) is 0 Å². The summed E-state index contributed by atoms with van der Waals surface area (Å²) in [6, 6.07) is 0. The van der Waals surface area contributed by atoms with Crippen LogP contribution in [0.3, 0.4) is 0 Å². The Morgan fingerprint density at radius 1 is 1.21 bits per heavy atom. The third-order valence-electron chi connectivity index (χ3n) is 2.10. The van der Waals surface area contributed by atoms with Crippen LogP contribution in [-0.2, 0) is 4.74 Å². The molecule has 5 nitrogen and oxygen atoms in total. The zero-order valence-electron chi connectivity index (χ0n) is 8.63. The Balaban J connectivity index is 4.17.